The number of ether oxygens (including phenoxy) is 1. The van der Waals surface area contributed by atoms with E-state index in [0.29, 0.717) is 17.3 Å². The van der Waals surface area contributed by atoms with E-state index in [0.717, 1.165) is 44.5 Å². The number of thiazole rings is 1. The summed E-state index contributed by atoms with van der Waals surface area (Å²) in [6.45, 7) is 4.75. The van der Waals surface area contributed by atoms with E-state index < -0.39 is 0 Å². The molecule has 3 heterocycles. The molecule has 1 amide bonds. The fourth-order valence-corrected chi connectivity index (χ4v) is 5.49. The van der Waals surface area contributed by atoms with Crippen molar-refractivity contribution in [3.8, 4) is 16.2 Å². The van der Waals surface area contributed by atoms with Gasteiger partial charge in [0, 0.05) is 17.6 Å². The molecule has 1 aliphatic heterocycles. The minimum absolute atomic E-state index is 0.0725. The second kappa shape index (κ2) is 8.22. The summed E-state index contributed by atoms with van der Waals surface area (Å²) in [5.41, 5.74) is 3.14. The number of hydrogen-bond acceptors (Lipinski definition) is 5. The van der Waals surface area contributed by atoms with Crippen LogP contribution >= 0.6 is 22.9 Å². The third-order valence-electron chi connectivity index (χ3n) is 5.97. The Balaban J connectivity index is 1.53. The average Bonchev–Trinajstić information content (AvgIpc) is 3.48. The fraction of sp³-hybridized carbons (Fsp3) is 0.292. The van der Waals surface area contributed by atoms with Crippen LogP contribution in [0.1, 0.15) is 40.7 Å². The lowest BCUT2D eigenvalue weighted by molar-refractivity contribution is 0.0710. The van der Waals surface area contributed by atoms with E-state index >= 15 is 0 Å². The molecule has 0 aliphatic carbocycles. The zero-order chi connectivity index (χ0) is 22.4. The average molecular weight is 467 g/mol. The third kappa shape index (κ3) is 3.65. The lowest BCUT2D eigenvalue weighted by atomic mass is 10.0. The van der Waals surface area contributed by atoms with E-state index in [2.05, 4.69) is 16.9 Å². The van der Waals surface area contributed by atoms with E-state index in [4.69, 9.17) is 21.3 Å². The van der Waals surface area contributed by atoms with Gasteiger partial charge in [-0.2, -0.15) is 0 Å². The number of rotatable bonds is 4. The predicted molar refractivity (Wildman–Crippen MR) is 128 cm³/mol. The van der Waals surface area contributed by atoms with Gasteiger partial charge in [0.25, 0.3) is 5.91 Å². The normalized spacial score (nSPS) is 18.4. The molecule has 0 radical (unpaired) electrons. The van der Waals surface area contributed by atoms with Gasteiger partial charge in [-0.15, -0.1) is 11.3 Å². The van der Waals surface area contributed by atoms with Crippen LogP contribution < -0.4 is 4.74 Å². The van der Waals surface area contributed by atoms with Crippen LogP contribution in [0.2, 0.25) is 5.02 Å². The number of nitrogens with zero attached hydrogens (tertiary/aromatic N) is 3. The molecular formula is C24H23ClN4O2S. The Labute approximate surface area is 195 Å². The molecule has 1 fully saturated rings. The first-order chi connectivity index (χ1) is 15.4. The Bertz CT molecular complexity index is 1310. The van der Waals surface area contributed by atoms with Gasteiger partial charge in [0.05, 0.1) is 34.1 Å². The number of carbonyl (C=O) groups is 1. The number of aryl methyl sites for hydroxylation is 1. The van der Waals surface area contributed by atoms with Crippen LogP contribution in [0.15, 0.2) is 42.5 Å². The number of imidazole rings is 1. The Morgan fingerprint density at radius 3 is 2.88 bits per heavy atom. The van der Waals surface area contributed by atoms with Gasteiger partial charge in [-0.1, -0.05) is 30.7 Å². The maximum absolute atomic E-state index is 13.8. The summed E-state index contributed by atoms with van der Waals surface area (Å²) >= 11 is 7.73. The van der Waals surface area contributed by atoms with Gasteiger partial charge >= 0.3 is 0 Å². The molecule has 0 bridgehead atoms. The zero-order valence-electron chi connectivity index (χ0n) is 18.1. The first-order valence-corrected chi connectivity index (χ1v) is 11.7. The Kier molecular flexibility index (Phi) is 5.39. The van der Waals surface area contributed by atoms with Crippen LogP contribution in [-0.4, -0.2) is 39.4 Å². The molecule has 1 N–H and O–H groups in total. The number of likely N-dealkylation sites (tertiary alicyclic amines) is 1. The minimum atomic E-state index is -0.143. The fourth-order valence-electron chi connectivity index (χ4n) is 4.40. The third-order valence-corrected chi connectivity index (χ3v) is 7.23. The molecule has 6 nitrogen and oxygen atoms in total. The van der Waals surface area contributed by atoms with Crippen LogP contribution in [0.4, 0.5) is 0 Å². The number of hydrogen-bond donors (Lipinski definition) is 1. The lowest BCUT2D eigenvalue weighted by Gasteiger charge is -2.25. The number of halogens is 1. The molecule has 4 aromatic rings. The summed E-state index contributed by atoms with van der Waals surface area (Å²) in [4.78, 5) is 29.4. The van der Waals surface area contributed by atoms with Crippen molar-refractivity contribution in [3.63, 3.8) is 0 Å². The summed E-state index contributed by atoms with van der Waals surface area (Å²) in [5, 5.41) is 1.49. The summed E-state index contributed by atoms with van der Waals surface area (Å²) in [7, 11) is 1.64. The van der Waals surface area contributed by atoms with Crippen molar-refractivity contribution in [1.82, 2.24) is 19.9 Å². The Hall–Kier alpha value is -2.90. The molecule has 32 heavy (non-hydrogen) atoms. The highest BCUT2D eigenvalue weighted by Gasteiger charge is 2.39. The largest absolute Gasteiger partial charge is 0.497 e. The lowest BCUT2D eigenvalue weighted by Crippen LogP contribution is -2.33. The van der Waals surface area contributed by atoms with Crippen molar-refractivity contribution in [2.24, 2.45) is 5.92 Å². The van der Waals surface area contributed by atoms with E-state index in [1.165, 1.54) is 11.3 Å². The van der Waals surface area contributed by atoms with Gasteiger partial charge in [0.15, 0.2) is 0 Å². The Morgan fingerprint density at radius 2 is 2.09 bits per heavy atom. The molecule has 1 aliphatic rings. The van der Waals surface area contributed by atoms with E-state index in [1.54, 1.807) is 7.11 Å². The first-order valence-electron chi connectivity index (χ1n) is 10.5. The maximum Gasteiger partial charge on any atom is 0.274 e. The van der Waals surface area contributed by atoms with E-state index in [1.807, 2.05) is 54.3 Å². The molecule has 2 atom stereocenters. The highest BCUT2D eigenvalue weighted by Crippen LogP contribution is 2.40. The summed E-state index contributed by atoms with van der Waals surface area (Å²) in [5.74, 6) is 1.75. The van der Waals surface area contributed by atoms with Gasteiger partial charge in [-0.25, -0.2) is 9.97 Å². The van der Waals surface area contributed by atoms with Crippen molar-refractivity contribution in [2.75, 3.05) is 13.7 Å². The smallest absolute Gasteiger partial charge is 0.274 e. The number of nitrogens with one attached hydrogen (secondary N) is 1. The van der Waals surface area contributed by atoms with Crippen molar-refractivity contribution in [2.45, 2.75) is 26.3 Å². The van der Waals surface area contributed by atoms with E-state index in [-0.39, 0.29) is 17.9 Å². The van der Waals surface area contributed by atoms with Crippen LogP contribution in [-0.2, 0) is 0 Å². The molecule has 164 valence electrons. The van der Waals surface area contributed by atoms with Crippen molar-refractivity contribution in [3.05, 3.63) is 64.0 Å². The standard InChI is InChI=1S/C24H23ClN4O2S/c1-13-9-10-29(21(13)23-27-18-8-7-17(31-3)12-19(18)28-23)24(30)20-22(32-14(2)26-20)15-5-4-6-16(25)11-15/h4-8,11-13,21H,9-10H2,1-3H3,(H,27,28)/t13-,21-/m0/s1. The SMILES string of the molecule is COc1ccc2[nH]c([C@@H]3[C@@H](C)CCN3C(=O)c3nc(C)sc3-c3cccc(Cl)c3)nc2c1. The molecule has 0 saturated carbocycles. The molecule has 2 aromatic carbocycles. The second-order valence-electron chi connectivity index (χ2n) is 8.14. The minimum Gasteiger partial charge on any atom is -0.497 e. The van der Waals surface area contributed by atoms with Crippen LogP contribution in [0.3, 0.4) is 0 Å². The van der Waals surface area contributed by atoms with Gasteiger partial charge in [-0.05, 0) is 49.1 Å². The number of benzene rings is 2. The van der Waals surface area contributed by atoms with Gasteiger partial charge in [0.2, 0.25) is 0 Å². The Morgan fingerprint density at radius 1 is 1.25 bits per heavy atom. The highest BCUT2D eigenvalue weighted by atomic mass is 35.5. The topological polar surface area (TPSA) is 71.1 Å². The second-order valence-corrected chi connectivity index (χ2v) is 9.78. The molecule has 5 rings (SSSR count). The molecule has 0 spiro atoms. The molecule has 8 heteroatoms. The first kappa shape index (κ1) is 21.0. The van der Waals surface area contributed by atoms with Crippen molar-refractivity contribution < 1.29 is 9.53 Å². The number of aromatic amines is 1. The molecular weight excluding hydrogens is 444 g/mol. The van der Waals surface area contributed by atoms with Gasteiger partial charge < -0.3 is 14.6 Å². The number of carbonyl (C=O) groups excluding carboxylic acids is 1. The predicted octanol–water partition coefficient (Wildman–Crippen LogP) is 5.88. The van der Waals surface area contributed by atoms with Gasteiger partial charge in [0.1, 0.15) is 17.3 Å². The summed E-state index contributed by atoms with van der Waals surface area (Å²) < 4.78 is 5.33. The quantitative estimate of drug-likeness (QED) is 0.407. The molecule has 1 saturated heterocycles. The number of amides is 1. The summed E-state index contributed by atoms with van der Waals surface area (Å²) in [6, 6.07) is 13.2. The number of fused-ring (bicyclic) bond motifs is 1. The van der Waals surface area contributed by atoms with Gasteiger partial charge in [-0.3, -0.25) is 4.79 Å². The monoisotopic (exact) mass is 466 g/mol. The summed E-state index contributed by atoms with van der Waals surface area (Å²) in [6.07, 6.45) is 0.909. The maximum atomic E-state index is 13.8. The van der Waals surface area contributed by atoms with Crippen LogP contribution in [0.5, 0.6) is 5.75 Å². The number of methoxy groups -OCH3 is 1. The molecule has 0 unspecified atom stereocenters. The highest BCUT2D eigenvalue weighted by molar-refractivity contribution is 7.15. The zero-order valence-corrected chi connectivity index (χ0v) is 19.6. The van der Waals surface area contributed by atoms with E-state index in [9.17, 15) is 4.79 Å². The van der Waals surface area contributed by atoms with Crippen LogP contribution in [0.25, 0.3) is 21.5 Å². The van der Waals surface area contributed by atoms with Crippen LogP contribution in [0, 0.1) is 12.8 Å². The number of H-pyrrole nitrogens is 1. The van der Waals surface area contributed by atoms with Crippen molar-refractivity contribution in [1.29, 1.82) is 0 Å². The van der Waals surface area contributed by atoms with Crippen molar-refractivity contribution >= 4 is 39.9 Å². The number of aromatic nitrogens is 3. The molecule has 2 aromatic heterocycles.